The molecule has 1 saturated heterocycles. The quantitative estimate of drug-likeness (QED) is 0.859. The monoisotopic (exact) mass is 327 g/mol. The normalized spacial score (nSPS) is 23.3. The minimum atomic E-state index is 0.283. The van der Waals surface area contributed by atoms with Crippen molar-refractivity contribution in [3.63, 3.8) is 0 Å². The molecule has 0 bridgehead atoms. The van der Waals surface area contributed by atoms with Crippen LogP contribution in [0.25, 0.3) is 0 Å². The van der Waals surface area contributed by atoms with Crippen LogP contribution in [0.3, 0.4) is 0 Å². The molecule has 2 aliphatic heterocycles. The molecule has 130 valence electrons. The third kappa shape index (κ3) is 3.56. The lowest BCUT2D eigenvalue weighted by Crippen LogP contribution is -2.50. The largest absolute Gasteiger partial charge is 0.312 e. The number of carbonyl (C=O) groups is 1. The number of fused-ring (bicyclic) bond motifs is 1. The van der Waals surface area contributed by atoms with Gasteiger partial charge in [-0.1, -0.05) is 25.0 Å². The summed E-state index contributed by atoms with van der Waals surface area (Å²) in [6.45, 7) is 6.88. The molecular weight excluding hydrogens is 298 g/mol. The second kappa shape index (κ2) is 7.34. The summed E-state index contributed by atoms with van der Waals surface area (Å²) in [7, 11) is 0. The number of piperazine rings is 1. The van der Waals surface area contributed by atoms with Crippen LogP contribution in [0.15, 0.2) is 18.2 Å². The van der Waals surface area contributed by atoms with Crippen LogP contribution in [0.1, 0.15) is 47.2 Å². The topological polar surface area (TPSA) is 35.6 Å². The fourth-order valence-electron chi connectivity index (χ4n) is 4.50. The van der Waals surface area contributed by atoms with Crippen molar-refractivity contribution in [1.29, 1.82) is 0 Å². The van der Waals surface area contributed by atoms with Gasteiger partial charge >= 0.3 is 0 Å². The van der Waals surface area contributed by atoms with Gasteiger partial charge in [0.1, 0.15) is 0 Å². The summed E-state index contributed by atoms with van der Waals surface area (Å²) in [5.74, 6) is 0.283. The Bertz CT molecular complexity index is 587. The van der Waals surface area contributed by atoms with Crippen molar-refractivity contribution >= 4 is 5.78 Å². The van der Waals surface area contributed by atoms with Gasteiger partial charge in [-0.3, -0.25) is 14.6 Å². The van der Waals surface area contributed by atoms with E-state index in [0.29, 0.717) is 6.54 Å². The van der Waals surface area contributed by atoms with Gasteiger partial charge in [0.2, 0.25) is 0 Å². The lowest BCUT2D eigenvalue weighted by molar-refractivity contribution is 0.0775. The Hall–Kier alpha value is -1.23. The van der Waals surface area contributed by atoms with Crippen LogP contribution in [0.2, 0.25) is 0 Å². The van der Waals surface area contributed by atoms with E-state index in [0.717, 1.165) is 57.3 Å². The number of benzene rings is 1. The maximum Gasteiger partial charge on any atom is 0.176 e. The van der Waals surface area contributed by atoms with E-state index in [1.165, 1.54) is 36.8 Å². The minimum Gasteiger partial charge on any atom is -0.312 e. The van der Waals surface area contributed by atoms with Crippen molar-refractivity contribution in [2.75, 3.05) is 39.3 Å². The summed E-state index contributed by atoms with van der Waals surface area (Å²) in [6, 6.07) is 7.10. The summed E-state index contributed by atoms with van der Waals surface area (Å²) in [4.78, 5) is 17.7. The van der Waals surface area contributed by atoms with Gasteiger partial charge in [-0.05, 0) is 43.0 Å². The molecule has 24 heavy (non-hydrogen) atoms. The van der Waals surface area contributed by atoms with E-state index in [1.54, 1.807) is 0 Å². The van der Waals surface area contributed by atoms with Crippen molar-refractivity contribution in [3.05, 3.63) is 34.9 Å². The van der Waals surface area contributed by atoms with E-state index in [9.17, 15) is 4.79 Å². The minimum absolute atomic E-state index is 0.283. The van der Waals surface area contributed by atoms with E-state index in [4.69, 9.17) is 0 Å². The van der Waals surface area contributed by atoms with Crippen molar-refractivity contribution in [3.8, 4) is 0 Å². The molecule has 0 amide bonds. The Kier molecular flexibility index (Phi) is 4.97. The van der Waals surface area contributed by atoms with Crippen LogP contribution >= 0.6 is 0 Å². The van der Waals surface area contributed by atoms with Crippen LogP contribution in [0, 0.1) is 0 Å². The van der Waals surface area contributed by atoms with Gasteiger partial charge in [0.05, 0.1) is 6.54 Å². The zero-order valence-electron chi connectivity index (χ0n) is 14.6. The molecule has 2 heterocycles. The molecule has 0 radical (unpaired) electrons. The summed E-state index contributed by atoms with van der Waals surface area (Å²) in [5, 5.41) is 3.38. The first-order valence-corrected chi connectivity index (χ1v) is 9.62. The Balaban J connectivity index is 1.32. The summed E-state index contributed by atoms with van der Waals surface area (Å²) in [6.07, 6.45) is 6.59. The molecule has 4 heteroatoms. The van der Waals surface area contributed by atoms with Gasteiger partial charge in [0.25, 0.3) is 0 Å². The number of carbonyl (C=O) groups excluding carboxylic acids is 1. The molecule has 4 nitrogen and oxygen atoms in total. The third-order valence-electron chi connectivity index (χ3n) is 6.03. The van der Waals surface area contributed by atoms with E-state index in [2.05, 4.69) is 27.2 Å². The van der Waals surface area contributed by atoms with Crippen molar-refractivity contribution < 1.29 is 4.79 Å². The Morgan fingerprint density at radius 1 is 1.08 bits per heavy atom. The van der Waals surface area contributed by atoms with E-state index < -0.39 is 0 Å². The number of hydrogen-bond acceptors (Lipinski definition) is 4. The van der Waals surface area contributed by atoms with Gasteiger partial charge in [-0.2, -0.15) is 0 Å². The molecule has 1 aromatic carbocycles. The highest BCUT2D eigenvalue weighted by molar-refractivity contribution is 5.97. The van der Waals surface area contributed by atoms with Crippen LogP contribution in [0.5, 0.6) is 0 Å². The zero-order chi connectivity index (χ0) is 16.4. The average molecular weight is 327 g/mol. The van der Waals surface area contributed by atoms with Crippen LogP contribution in [-0.4, -0.2) is 60.9 Å². The molecule has 0 aromatic heterocycles. The lowest BCUT2D eigenvalue weighted by Gasteiger charge is -2.37. The number of hydrogen-bond donors (Lipinski definition) is 1. The molecular formula is C20H29N3O. The molecule has 0 atom stereocenters. The molecule has 0 unspecified atom stereocenters. The number of ketones is 1. The molecule has 0 spiro atoms. The van der Waals surface area contributed by atoms with Crippen molar-refractivity contribution in [2.45, 2.75) is 44.7 Å². The fourth-order valence-corrected chi connectivity index (χ4v) is 4.50. The Morgan fingerprint density at radius 2 is 1.88 bits per heavy atom. The first-order valence-electron chi connectivity index (χ1n) is 9.62. The van der Waals surface area contributed by atoms with E-state index >= 15 is 0 Å². The summed E-state index contributed by atoms with van der Waals surface area (Å²) in [5.41, 5.74) is 3.60. The van der Waals surface area contributed by atoms with Gasteiger partial charge in [-0.25, -0.2) is 0 Å². The molecule has 1 N–H and O–H groups in total. The summed E-state index contributed by atoms with van der Waals surface area (Å²) >= 11 is 0. The second-order valence-corrected chi connectivity index (χ2v) is 7.58. The van der Waals surface area contributed by atoms with Crippen LogP contribution < -0.4 is 5.32 Å². The highest BCUT2D eigenvalue weighted by Gasteiger charge is 2.27. The molecule has 3 aliphatic rings. The molecule has 4 rings (SSSR count). The highest BCUT2D eigenvalue weighted by Crippen LogP contribution is 2.24. The Morgan fingerprint density at radius 3 is 2.67 bits per heavy atom. The van der Waals surface area contributed by atoms with Gasteiger partial charge in [0, 0.05) is 44.3 Å². The first kappa shape index (κ1) is 16.2. The Labute approximate surface area is 145 Å². The number of nitrogens with one attached hydrogen (secondary N) is 1. The predicted molar refractivity (Wildman–Crippen MR) is 96.5 cm³/mol. The average Bonchev–Trinajstić information content (AvgIpc) is 3.16. The van der Waals surface area contributed by atoms with Crippen molar-refractivity contribution in [2.24, 2.45) is 0 Å². The van der Waals surface area contributed by atoms with Crippen LogP contribution in [-0.2, 0) is 13.0 Å². The highest BCUT2D eigenvalue weighted by atomic mass is 16.1. The third-order valence-corrected chi connectivity index (χ3v) is 6.03. The van der Waals surface area contributed by atoms with Gasteiger partial charge < -0.3 is 5.32 Å². The molecule has 1 aromatic rings. The fraction of sp³-hybridized carbons (Fsp3) is 0.650. The van der Waals surface area contributed by atoms with E-state index in [1.807, 2.05) is 6.07 Å². The number of nitrogens with zero attached hydrogens (tertiary/aromatic N) is 2. The first-order chi connectivity index (χ1) is 11.8. The summed E-state index contributed by atoms with van der Waals surface area (Å²) < 4.78 is 0. The molecule has 2 fully saturated rings. The SMILES string of the molecule is O=C(CN1CCN(C2CCCC2)CC1)c1ccc2c(c1)CCNC2. The van der Waals surface area contributed by atoms with Crippen molar-refractivity contribution in [1.82, 2.24) is 15.1 Å². The number of Topliss-reactive ketones (excluding diaryl/α,β-unsaturated/α-hetero) is 1. The maximum absolute atomic E-state index is 12.7. The zero-order valence-corrected chi connectivity index (χ0v) is 14.6. The molecule has 1 aliphatic carbocycles. The standard InChI is InChI=1S/C20H29N3O/c24-20(17-5-6-18-14-21-8-7-16(18)13-17)15-22-9-11-23(12-10-22)19-3-1-2-4-19/h5-6,13,19,21H,1-4,7-12,14-15H2. The smallest absolute Gasteiger partial charge is 0.176 e. The maximum atomic E-state index is 12.7. The predicted octanol–water partition coefficient (Wildman–Crippen LogP) is 2.08. The van der Waals surface area contributed by atoms with Gasteiger partial charge in [0.15, 0.2) is 5.78 Å². The van der Waals surface area contributed by atoms with E-state index in [-0.39, 0.29) is 5.78 Å². The number of rotatable bonds is 4. The lowest BCUT2D eigenvalue weighted by atomic mass is 9.97. The second-order valence-electron chi connectivity index (χ2n) is 7.58. The molecule has 1 saturated carbocycles. The van der Waals surface area contributed by atoms with Gasteiger partial charge in [-0.15, -0.1) is 0 Å². The van der Waals surface area contributed by atoms with Crippen LogP contribution in [0.4, 0.5) is 0 Å².